The largest absolute Gasteiger partial charge is 0.481 e. The summed E-state index contributed by atoms with van der Waals surface area (Å²) in [5.41, 5.74) is 0.318. The summed E-state index contributed by atoms with van der Waals surface area (Å²) in [6, 6.07) is 6.87. The molecule has 2 N–H and O–H groups in total. The standard InChI is InChI=1S/C17H25F2NO3/c1-12(20-11-10-17(2,3)15(21)22)4-5-13-6-8-14(9-7-13)23-16(18)19/h6-9,12,16,20H,4-5,10-11H2,1-3H3,(H,21,22). The fourth-order valence-electron chi connectivity index (χ4n) is 2.06. The highest BCUT2D eigenvalue weighted by atomic mass is 19.3. The van der Waals surface area contributed by atoms with E-state index in [9.17, 15) is 13.6 Å². The molecular weight excluding hydrogens is 304 g/mol. The highest BCUT2D eigenvalue weighted by molar-refractivity contribution is 5.73. The smallest absolute Gasteiger partial charge is 0.387 e. The van der Waals surface area contributed by atoms with Gasteiger partial charge in [-0.3, -0.25) is 4.79 Å². The minimum Gasteiger partial charge on any atom is -0.481 e. The molecule has 0 aliphatic rings. The third kappa shape index (κ3) is 7.41. The number of alkyl halides is 2. The van der Waals surface area contributed by atoms with Crippen LogP contribution in [0.2, 0.25) is 0 Å². The fourth-order valence-corrected chi connectivity index (χ4v) is 2.06. The average Bonchev–Trinajstić information content (AvgIpc) is 2.45. The summed E-state index contributed by atoms with van der Waals surface area (Å²) in [6.07, 6.45) is 2.25. The first-order chi connectivity index (χ1) is 10.7. The van der Waals surface area contributed by atoms with Gasteiger partial charge in [-0.1, -0.05) is 12.1 Å². The van der Waals surface area contributed by atoms with Gasteiger partial charge in [-0.05, 0) is 64.3 Å². The molecule has 4 nitrogen and oxygen atoms in total. The molecule has 0 bridgehead atoms. The number of carboxylic acids is 1. The maximum Gasteiger partial charge on any atom is 0.387 e. The zero-order valence-electron chi connectivity index (χ0n) is 13.8. The minimum absolute atomic E-state index is 0.158. The van der Waals surface area contributed by atoms with Crippen LogP contribution in [0.3, 0.4) is 0 Å². The van der Waals surface area contributed by atoms with Crippen molar-refractivity contribution < 1.29 is 23.4 Å². The zero-order valence-corrected chi connectivity index (χ0v) is 13.8. The second-order valence-corrected chi connectivity index (χ2v) is 6.36. The Bertz CT molecular complexity index is 489. The van der Waals surface area contributed by atoms with Crippen LogP contribution in [0, 0.1) is 5.41 Å². The van der Waals surface area contributed by atoms with E-state index in [4.69, 9.17) is 5.11 Å². The molecule has 1 rings (SSSR count). The van der Waals surface area contributed by atoms with Crippen molar-refractivity contribution in [3.63, 3.8) is 0 Å². The zero-order chi connectivity index (χ0) is 17.5. The quantitative estimate of drug-likeness (QED) is 0.687. The Morgan fingerprint density at radius 1 is 1.30 bits per heavy atom. The number of benzene rings is 1. The Hall–Kier alpha value is -1.69. The number of halogens is 2. The molecule has 0 aromatic heterocycles. The summed E-state index contributed by atoms with van der Waals surface area (Å²) in [5, 5.41) is 12.4. The normalized spacial score (nSPS) is 13.1. The Labute approximate surface area is 135 Å². The van der Waals surface area contributed by atoms with Crippen molar-refractivity contribution in [2.24, 2.45) is 5.41 Å². The van der Waals surface area contributed by atoms with Crippen molar-refractivity contribution in [3.8, 4) is 5.75 Å². The Morgan fingerprint density at radius 2 is 1.91 bits per heavy atom. The number of hydrogen-bond acceptors (Lipinski definition) is 3. The van der Waals surface area contributed by atoms with Crippen molar-refractivity contribution in [1.82, 2.24) is 5.32 Å². The van der Waals surface area contributed by atoms with Crippen LogP contribution in [0.4, 0.5) is 8.78 Å². The fraction of sp³-hybridized carbons (Fsp3) is 0.588. The molecule has 0 saturated carbocycles. The van der Waals surface area contributed by atoms with Gasteiger partial charge in [-0.15, -0.1) is 0 Å². The molecule has 0 aliphatic carbocycles. The maximum absolute atomic E-state index is 12.1. The van der Waals surface area contributed by atoms with Crippen LogP contribution in [0.25, 0.3) is 0 Å². The number of carbonyl (C=O) groups is 1. The molecule has 6 heteroatoms. The molecule has 0 radical (unpaired) electrons. The number of rotatable bonds is 10. The number of hydrogen-bond donors (Lipinski definition) is 2. The van der Waals surface area contributed by atoms with Crippen molar-refractivity contribution >= 4 is 5.97 Å². The summed E-state index contributed by atoms with van der Waals surface area (Å²) < 4.78 is 28.4. The Balaban J connectivity index is 2.30. The average molecular weight is 329 g/mol. The Kier molecular flexibility index (Phi) is 7.42. The molecule has 1 aromatic carbocycles. The number of nitrogens with one attached hydrogen (secondary N) is 1. The van der Waals surface area contributed by atoms with Gasteiger partial charge in [-0.2, -0.15) is 8.78 Å². The van der Waals surface area contributed by atoms with Gasteiger partial charge in [0.05, 0.1) is 5.41 Å². The molecule has 130 valence electrons. The van der Waals surface area contributed by atoms with E-state index in [1.165, 1.54) is 12.1 Å². The van der Waals surface area contributed by atoms with Crippen LogP contribution < -0.4 is 10.1 Å². The van der Waals surface area contributed by atoms with Crippen molar-refractivity contribution in [3.05, 3.63) is 29.8 Å². The van der Waals surface area contributed by atoms with Gasteiger partial charge >= 0.3 is 12.6 Å². The topological polar surface area (TPSA) is 58.6 Å². The van der Waals surface area contributed by atoms with Gasteiger partial charge in [0, 0.05) is 6.04 Å². The lowest BCUT2D eigenvalue weighted by molar-refractivity contribution is -0.147. The molecule has 0 aliphatic heterocycles. The van der Waals surface area contributed by atoms with Crippen molar-refractivity contribution in [2.45, 2.75) is 52.7 Å². The number of ether oxygens (including phenoxy) is 1. The summed E-state index contributed by atoms with van der Waals surface area (Å²) in [6.45, 7) is 3.30. The van der Waals surface area contributed by atoms with Gasteiger partial charge in [0.2, 0.25) is 0 Å². The number of aliphatic carboxylic acids is 1. The van der Waals surface area contributed by atoms with Gasteiger partial charge in [0.15, 0.2) is 0 Å². The molecule has 0 saturated heterocycles. The van der Waals surface area contributed by atoms with E-state index in [-0.39, 0.29) is 11.8 Å². The molecule has 1 aromatic rings. The van der Waals surface area contributed by atoms with Crippen molar-refractivity contribution in [1.29, 1.82) is 0 Å². The maximum atomic E-state index is 12.1. The van der Waals surface area contributed by atoms with Crippen LogP contribution >= 0.6 is 0 Å². The third-order valence-corrected chi connectivity index (χ3v) is 3.84. The van der Waals surface area contributed by atoms with E-state index in [1.54, 1.807) is 26.0 Å². The summed E-state index contributed by atoms with van der Waals surface area (Å²) in [7, 11) is 0. The van der Waals surface area contributed by atoms with E-state index in [1.807, 2.05) is 6.92 Å². The van der Waals surface area contributed by atoms with Gasteiger partial charge in [-0.25, -0.2) is 0 Å². The molecule has 0 spiro atoms. The highest BCUT2D eigenvalue weighted by Crippen LogP contribution is 2.20. The minimum atomic E-state index is -2.81. The van der Waals surface area contributed by atoms with E-state index >= 15 is 0 Å². The van der Waals surface area contributed by atoms with Crippen LogP contribution in [-0.2, 0) is 11.2 Å². The molecule has 0 amide bonds. The second-order valence-electron chi connectivity index (χ2n) is 6.36. The second kappa shape index (κ2) is 8.82. The molecule has 0 fully saturated rings. The monoisotopic (exact) mass is 329 g/mol. The lowest BCUT2D eigenvalue weighted by Gasteiger charge is -2.21. The van der Waals surface area contributed by atoms with E-state index in [2.05, 4.69) is 10.1 Å². The molecular formula is C17H25F2NO3. The van der Waals surface area contributed by atoms with Gasteiger partial charge < -0.3 is 15.2 Å². The van der Waals surface area contributed by atoms with Crippen LogP contribution in [0.5, 0.6) is 5.75 Å². The number of aryl methyl sites for hydroxylation is 1. The number of carboxylic acid groups (broad SMARTS) is 1. The van der Waals surface area contributed by atoms with E-state index in [0.29, 0.717) is 13.0 Å². The van der Waals surface area contributed by atoms with Crippen molar-refractivity contribution in [2.75, 3.05) is 6.54 Å². The predicted molar refractivity (Wildman–Crippen MR) is 84.9 cm³/mol. The lowest BCUT2D eigenvalue weighted by Crippen LogP contribution is -2.33. The van der Waals surface area contributed by atoms with E-state index in [0.717, 1.165) is 18.4 Å². The molecule has 23 heavy (non-hydrogen) atoms. The molecule has 0 heterocycles. The summed E-state index contributed by atoms with van der Waals surface area (Å²) >= 11 is 0. The van der Waals surface area contributed by atoms with Crippen LogP contribution in [-0.4, -0.2) is 30.3 Å². The summed E-state index contributed by atoms with van der Waals surface area (Å²) in [5.74, 6) is -0.635. The first-order valence-corrected chi connectivity index (χ1v) is 7.71. The van der Waals surface area contributed by atoms with Crippen LogP contribution in [0.15, 0.2) is 24.3 Å². The molecule has 1 unspecified atom stereocenters. The van der Waals surface area contributed by atoms with Gasteiger partial charge in [0.1, 0.15) is 5.75 Å². The first kappa shape index (κ1) is 19.4. The Morgan fingerprint density at radius 3 is 2.43 bits per heavy atom. The molecule has 1 atom stereocenters. The SMILES string of the molecule is CC(CCc1ccc(OC(F)F)cc1)NCCC(C)(C)C(=O)O. The third-order valence-electron chi connectivity index (χ3n) is 3.84. The summed E-state index contributed by atoms with van der Waals surface area (Å²) in [4.78, 5) is 11.0. The highest BCUT2D eigenvalue weighted by Gasteiger charge is 2.26. The van der Waals surface area contributed by atoms with Crippen LogP contribution in [0.1, 0.15) is 39.2 Å². The first-order valence-electron chi connectivity index (χ1n) is 7.71. The predicted octanol–water partition coefficient (Wildman–Crippen LogP) is 3.70. The van der Waals surface area contributed by atoms with Gasteiger partial charge in [0.25, 0.3) is 0 Å². The lowest BCUT2D eigenvalue weighted by atomic mass is 9.89. The van der Waals surface area contributed by atoms with E-state index < -0.39 is 18.0 Å².